The first-order valence-electron chi connectivity index (χ1n) is 9.17. The van der Waals surface area contributed by atoms with Crippen molar-refractivity contribution in [2.75, 3.05) is 7.11 Å². The summed E-state index contributed by atoms with van der Waals surface area (Å²) in [6, 6.07) is 7.53. The number of esters is 1. The number of benzene rings is 1. The van der Waals surface area contributed by atoms with Crippen LogP contribution in [0.3, 0.4) is 0 Å². The molecule has 0 saturated carbocycles. The number of nitrogens with zero attached hydrogens (tertiary/aromatic N) is 1. The van der Waals surface area contributed by atoms with E-state index in [0.717, 1.165) is 35.9 Å². The number of rotatable bonds is 2. The van der Waals surface area contributed by atoms with E-state index in [2.05, 4.69) is 11.1 Å². The minimum absolute atomic E-state index is 0.141. The highest BCUT2D eigenvalue weighted by molar-refractivity contribution is 5.90. The van der Waals surface area contributed by atoms with Crippen LogP contribution >= 0.6 is 0 Å². The van der Waals surface area contributed by atoms with Crippen LogP contribution in [0.15, 0.2) is 29.1 Å². The number of carbonyl (C=O) groups excluding carboxylic acids is 1. The van der Waals surface area contributed by atoms with Crippen molar-refractivity contribution < 1.29 is 19.4 Å². The molecular formula is C21H18N2O5. The van der Waals surface area contributed by atoms with Crippen molar-refractivity contribution >= 4 is 16.9 Å². The highest BCUT2D eigenvalue weighted by atomic mass is 16.5. The molecular weight excluding hydrogens is 360 g/mol. The van der Waals surface area contributed by atoms with Crippen molar-refractivity contribution in [1.29, 1.82) is 0 Å². The topological polar surface area (TPSA) is 102 Å². The molecule has 1 unspecified atom stereocenters. The quantitative estimate of drug-likeness (QED) is 0.663. The van der Waals surface area contributed by atoms with Crippen LogP contribution in [0.4, 0.5) is 0 Å². The van der Waals surface area contributed by atoms with Crippen LogP contribution in [0.25, 0.3) is 22.3 Å². The minimum Gasteiger partial charge on any atom is -0.497 e. The number of cyclic esters (lactones) is 1. The van der Waals surface area contributed by atoms with Crippen molar-refractivity contribution in [2.45, 2.75) is 32.0 Å². The van der Waals surface area contributed by atoms with Gasteiger partial charge < -0.3 is 19.6 Å². The van der Waals surface area contributed by atoms with E-state index in [1.165, 1.54) is 11.1 Å². The molecule has 5 rings (SSSR count). The first-order chi connectivity index (χ1) is 13.5. The molecule has 3 heterocycles. The Labute approximate surface area is 159 Å². The van der Waals surface area contributed by atoms with Crippen LogP contribution in [0.1, 0.15) is 34.8 Å². The largest absolute Gasteiger partial charge is 0.497 e. The summed E-state index contributed by atoms with van der Waals surface area (Å²) >= 11 is 0. The Morgan fingerprint density at radius 3 is 2.75 bits per heavy atom. The summed E-state index contributed by atoms with van der Waals surface area (Å²) in [6.45, 7) is -0.141. The zero-order valence-corrected chi connectivity index (χ0v) is 15.2. The molecule has 28 heavy (non-hydrogen) atoms. The smallest absolute Gasteiger partial charge is 0.340 e. The normalized spacial score (nSPS) is 17.9. The first kappa shape index (κ1) is 16.9. The summed E-state index contributed by atoms with van der Waals surface area (Å²) in [5.74, 6) is -0.00269. The summed E-state index contributed by atoms with van der Waals surface area (Å²) in [5, 5.41) is 11.3. The zero-order chi connectivity index (χ0) is 19.4. The van der Waals surface area contributed by atoms with Gasteiger partial charge in [0.25, 0.3) is 5.56 Å². The van der Waals surface area contributed by atoms with Gasteiger partial charge in [-0.3, -0.25) is 4.79 Å². The van der Waals surface area contributed by atoms with E-state index < -0.39 is 12.1 Å². The van der Waals surface area contributed by atoms with Gasteiger partial charge in [-0.1, -0.05) is 0 Å². The number of aromatic amines is 1. The lowest BCUT2D eigenvalue weighted by Gasteiger charge is -2.21. The SMILES string of the molecule is COc1cc2c3c(cc(-c4cc5c(c(=O)[nH]4)COC(=O)C5O)nc3c1)CCC2. The number of aromatic nitrogens is 2. The van der Waals surface area contributed by atoms with Crippen molar-refractivity contribution in [3.05, 3.63) is 56.9 Å². The predicted molar refractivity (Wildman–Crippen MR) is 101 cm³/mol. The molecule has 0 bridgehead atoms. The van der Waals surface area contributed by atoms with Gasteiger partial charge >= 0.3 is 5.97 Å². The molecule has 3 aromatic rings. The number of aliphatic hydroxyl groups excluding tert-OH is 1. The maximum atomic E-state index is 12.5. The average molecular weight is 378 g/mol. The molecule has 0 amide bonds. The molecule has 0 radical (unpaired) electrons. The molecule has 2 aliphatic rings. The Balaban J connectivity index is 1.73. The van der Waals surface area contributed by atoms with Gasteiger partial charge in [0.15, 0.2) is 6.10 Å². The second-order valence-electron chi connectivity index (χ2n) is 7.16. The molecule has 7 heteroatoms. The van der Waals surface area contributed by atoms with Crippen LogP contribution in [-0.4, -0.2) is 28.2 Å². The van der Waals surface area contributed by atoms with E-state index >= 15 is 0 Å². The van der Waals surface area contributed by atoms with Crippen molar-refractivity contribution in [3.8, 4) is 17.1 Å². The number of aryl methyl sites for hydroxylation is 2. The van der Waals surface area contributed by atoms with E-state index in [1.54, 1.807) is 13.2 Å². The highest BCUT2D eigenvalue weighted by Crippen LogP contribution is 2.35. The molecule has 0 fully saturated rings. The van der Waals surface area contributed by atoms with Crippen molar-refractivity contribution in [2.24, 2.45) is 0 Å². The average Bonchev–Trinajstić information content (AvgIpc) is 2.70. The molecule has 2 N–H and O–H groups in total. The Kier molecular flexibility index (Phi) is 3.73. The Hall–Kier alpha value is -3.19. The van der Waals surface area contributed by atoms with Crippen molar-refractivity contribution in [3.63, 3.8) is 0 Å². The number of nitrogens with one attached hydrogen (secondary N) is 1. The lowest BCUT2D eigenvalue weighted by Crippen LogP contribution is -2.29. The molecule has 1 aliphatic carbocycles. The number of H-pyrrole nitrogens is 1. The standard InChI is InChI=1S/C21H18N2O5/c1-27-12-5-10-3-2-4-11-6-15(22-17(7-12)18(10)11)16-8-13-14(20(25)23-16)9-28-21(26)19(13)24/h5-8,19,24H,2-4,9H2,1H3,(H,23,25). The number of ether oxygens (including phenoxy) is 2. The molecule has 1 atom stereocenters. The summed E-state index contributed by atoms with van der Waals surface area (Å²) < 4.78 is 10.3. The molecule has 7 nitrogen and oxygen atoms in total. The van der Waals surface area contributed by atoms with Gasteiger partial charge in [0.2, 0.25) is 0 Å². The van der Waals surface area contributed by atoms with Gasteiger partial charge in [-0.25, -0.2) is 9.78 Å². The lowest BCUT2D eigenvalue weighted by molar-refractivity contribution is -0.157. The molecule has 0 saturated heterocycles. The van der Waals surface area contributed by atoms with E-state index in [1.807, 2.05) is 12.1 Å². The monoisotopic (exact) mass is 378 g/mol. The number of fused-ring (bicyclic) bond motifs is 1. The third-order valence-electron chi connectivity index (χ3n) is 5.50. The van der Waals surface area contributed by atoms with Crippen LogP contribution < -0.4 is 10.3 Å². The number of hydrogen-bond acceptors (Lipinski definition) is 6. The van der Waals surface area contributed by atoms with Crippen LogP contribution in [0.2, 0.25) is 0 Å². The minimum atomic E-state index is -1.46. The van der Waals surface area contributed by atoms with Gasteiger partial charge in [-0.15, -0.1) is 0 Å². The molecule has 2 aromatic heterocycles. The molecule has 0 spiro atoms. The third-order valence-corrected chi connectivity index (χ3v) is 5.50. The van der Waals surface area contributed by atoms with E-state index in [4.69, 9.17) is 14.5 Å². The van der Waals surface area contributed by atoms with Crippen molar-refractivity contribution in [1.82, 2.24) is 9.97 Å². The second-order valence-corrected chi connectivity index (χ2v) is 7.16. The second kappa shape index (κ2) is 6.17. The first-order valence-corrected chi connectivity index (χ1v) is 9.17. The number of pyridine rings is 2. The van der Waals surface area contributed by atoms with E-state index in [-0.39, 0.29) is 23.3 Å². The van der Waals surface area contributed by atoms with Crippen LogP contribution in [0.5, 0.6) is 5.75 Å². The molecule has 1 aliphatic heterocycles. The Bertz CT molecular complexity index is 1200. The number of hydrogen-bond donors (Lipinski definition) is 2. The van der Waals surface area contributed by atoms with Crippen LogP contribution in [0, 0.1) is 0 Å². The molecule has 142 valence electrons. The van der Waals surface area contributed by atoms with Gasteiger partial charge in [0.05, 0.1) is 29.6 Å². The predicted octanol–water partition coefficient (Wildman–Crippen LogP) is 2.18. The van der Waals surface area contributed by atoms with Gasteiger partial charge in [0.1, 0.15) is 12.4 Å². The highest BCUT2D eigenvalue weighted by Gasteiger charge is 2.30. The van der Waals surface area contributed by atoms with Gasteiger partial charge in [-0.2, -0.15) is 0 Å². The fraction of sp³-hybridized carbons (Fsp3) is 0.286. The zero-order valence-electron chi connectivity index (χ0n) is 15.2. The molecule has 1 aromatic carbocycles. The number of methoxy groups -OCH3 is 1. The summed E-state index contributed by atoms with van der Waals surface area (Å²) in [7, 11) is 1.63. The fourth-order valence-corrected chi connectivity index (χ4v) is 4.12. The Morgan fingerprint density at radius 1 is 1.18 bits per heavy atom. The summed E-state index contributed by atoms with van der Waals surface area (Å²) in [5.41, 5.74) is 4.40. The van der Waals surface area contributed by atoms with E-state index in [9.17, 15) is 14.7 Å². The number of carbonyl (C=O) groups is 1. The van der Waals surface area contributed by atoms with Crippen LogP contribution in [-0.2, 0) is 29.0 Å². The van der Waals surface area contributed by atoms with E-state index in [0.29, 0.717) is 11.4 Å². The fourth-order valence-electron chi connectivity index (χ4n) is 4.12. The summed E-state index contributed by atoms with van der Waals surface area (Å²) in [6.07, 6.45) is 1.47. The number of aliphatic hydroxyl groups is 1. The van der Waals surface area contributed by atoms with Gasteiger partial charge in [-0.05, 0) is 48.6 Å². The lowest BCUT2D eigenvalue weighted by atomic mass is 9.89. The van der Waals surface area contributed by atoms with Gasteiger partial charge in [0, 0.05) is 17.0 Å². The maximum Gasteiger partial charge on any atom is 0.340 e. The summed E-state index contributed by atoms with van der Waals surface area (Å²) in [4.78, 5) is 31.7. The third kappa shape index (κ3) is 2.51. The Morgan fingerprint density at radius 2 is 1.96 bits per heavy atom. The maximum absolute atomic E-state index is 12.5.